The van der Waals surface area contributed by atoms with Crippen LogP contribution >= 0.6 is 23.7 Å². The van der Waals surface area contributed by atoms with E-state index in [-0.39, 0.29) is 29.6 Å². The summed E-state index contributed by atoms with van der Waals surface area (Å²) in [4.78, 5) is 20.6. The van der Waals surface area contributed by atoms with Crippen LogP contribution in [0.5, 0.6) is 0 Å². The molecular formula is C16H19ClFN3O3S. The van der Waals surface area contributed by atoms with Crippen molar-refractivity contribution < 1.29 is 18.7 Å². The average molecular weight is 388 g/mol. The van der Waals surface area contributed by atoms with Crippen LogP contribution in [-0.2, 0) is 14.3 Å². The first-order valence-electron chi connectivity index (χ1n) is 7.52. The fourth-order valence-corrected chi connectivity index (χ4v) is 3.22. The Morgan fingerprint density at radius 2 is 2.12 bits per heavy atom. The first-order valence-corrected chi connectivity index (χ1v) is 8.34. The number of carbonyl (C=O) groups is 1. The monoisotopic (exact) mass is 387 g/mol. The molecule has 2 heterocycles. The normalized spacial score (nSPS) is 13.7. The van der Waals surface area contributed by atoms with E-state index < -0.39 is 5.82 Å². The van der Waals surface area contributed by atoms with Crippen molar-refractivity contribution in [3.05, 3.63) is 36.0 Å². The predicted molar refractivity (Wildman–Crippen MR) is 97.7 cm³/mol. The third kappa shape index (κ3) is 4.39. The molecule has 3 rings (SSSR count). The number of para-hydroxylation sites is 1. The van der Waals surface area contributed by atoms with Crippen LogP contribution in [0.1, 0.15) is 0 Å². The van der Waals surface area contributed by atoms with Crippen molar-refractivity contribution in [2.24, 2.45) is 0 Å². The third-order valence-corrected chi connectivity index (χ3v) is 4.51. The summed E-state index contributed by atoms with van der Waals surface area (Å²) >= 11 is 1.28. The molecule has 1 aliphatic heterocycles. The van der Waals surface area contributed by atoms with Crippen molar-refractivity contribution in [3.63, 3.8) is 0 Å². The first kappa shape index (κ1) is 19.4. The van der Waals surface area contributed by atoms with Crippen molar-refractivity contribution in [3.8, 4) is 0 Å². The summed E-state index contributed by atoms with van der Waals surface area (Å²) in [5.74, 6) is -0.595. The fraction of sp³-hybridized carbons (Fsp3) is 0.375. The van der Waals surface area contributed by atoms with Crippen LogP contribution in [0.25, 0.3) is 10.2 Å². The predicted octanol–water partition coefficient (Wildman–Crippen LogP) is 2.64. The molecule has 0 fully saturated rings. The molecule has 136 valence electrons. The van der Waals surface area contributed by atoms with E-state index in [9.17, 15) is 9.18 Å². The Bertz CT molecular complexity index is 781. The number of ether oxygens (including phenoxy) is 2. The lowest BCUT2D eigenvalue weighted by molar-refractivity contribution is -0.119. The zero-order valence-corrected chi connectivity index (χ0v) is 15.5. The number of anilines is 1. The molecule has 0 atom stereocenters. The molecule has 1 aliphatic rings. The number of likely N-dealkylation sites (N-methyl/N-ethyl adjacent to an activating group) is 1. The molecule has 1 aromatic carbocycles. The molecule has 0 aliphatic carbocycles. The third-order valence-electron chi connectivity index (χ3n) is 3.47. The number of nitrogens with zero attached hydrogens (tertiary/aromatic N) is 3. The van der Waals surface area contributed by atoms with Gasteiger partial charge in [-0.15, -0.1) is 12.4 Å². The number of hydrogen-bond acceptors (Lipinski definition) is 6. The number of halogens is 2. The van der Waals surface area contributed by atoms with Gasteiger partial charge in [0.15, 0.2) is 5.13 Å². The summed E-state index contributed by atoms with van der Waals surface area (Å²) in [6, 6.07) is 4.78. The zero-order valence-electron chi connectivity index (χ0n) is 13.9. The van der Waals surface area contributed by atoms with E-state index in [1.807, 2.05) is 19.0 Å². The van der Waals surface area contributed by atoms with Crippen molar-refractivity contribution in [2.75, 3.05) is 45.3 Å². The molecule has 6 nitrogen and oxygen atoms in total. The van der Waals surface area contributed by atoms with Crippen LogP contribution in [0, 0.1) is 5.82 Å². The Morgan fingerprint density at radius 3 is 2.76 bits per heavy atom. The second-order valence-corrected chi connectivity index (χ2v) is 6.55. The second kappa shape index (κ2) is 8.46. The van der Waals surface area contributed by atoms with E-state index in [1.54, 1.807) is 12.1 Å². The Labute approximate surface area is 155 Å². The minimum Gasteiger partial charge on any atom is -0.494 e. The summed E-state index contributed by atoms with van der Waals surface area (Å²) in [6.07, 6.45) is 1.32. The number of thiazole rings is 1. The first-order chi connectivity index (χ1) is 11.6. The smallest absolute Gasteiger partial charge is 0.298 e. The maximum atomic E-state index is 13.9. The maximum absolute atomic E-state index is 13.9. The summed E-state index contributed by atoms with van der Waals surface area (Å²) < 4.78 is 25.2. The number of hydrogen-bond donors (Lipinski definition) is 0. The SMILES string of the molecule is CN(C)CCN(C(=O)C1=COCCO1)c1nc2c(F)cccc2s1.Cl. The van der Waals surface area contributed by atoms with Gasteiger partial charge in [0.25, 0.3) is 5.91 Å². The van der Waals surface area contributed by atoms with Crippen LogP contribution in [0.3, 0.4) is 0 Å². The van der Waals surface area contributed by atoms with Gasteiger partial charge >= 0.3 is 0 Å². The number of carbonyl (C=O) groups excluding carboxylic acids is 1. The van der Waals surface area contributed by atoms with E-state index in [1.165, 1.54) is 28.6 Å². The van der Waals surface area contributed by atoms with Gasteiger partial charge in [0.1, 0.15) is 30.8 Å². The van der Waals surface area contributed by atoms with Crippen molar-refractivity contribution >= 4 is 45.0 Å². The average Bonchev–Trinajstić information content (AvgIpc) is 3.01. The Hall–Kier alpha value is -1.90. The highest BCUT2D eigenvalue weighted by Crippen LogP contribution is 2.31. The van der Waals surface area contributed by atoms with Crippen molar-refractivity contribution in [2.45, 2.75) is 0 Å². The summed E-state index contributed by atoms with van der Waals surface area (Å²) in [7, 11) is 3.83. The van der Waals surface area contributed by atoms with Gasteiger partial charge in [-0.3, -0.25) is 9.69 Å². The fourth-order valence-electron chi connectivity index (χ4n) is 2.22. The summed E-state index contributed by atoms with van der Waals surface area (Å²) in [6.45, 7) is 1.79. The van der Waals surface area contributed by atoms with Gasteiger partial charge in [-0.1, -0.05) is 17.4 Å². The van der Waals surface area contributed by atoms with E-state index in [0.29, 0.717) is 36.1 Å². The molecule has 0 unspecified atom stereocenters. The van der Waals surface area contributed by atoms with Gasteiger partial charge in [-0.25, -0.2) is 9.37 Å². The molecule has 25 heavy (non-hydrogen) atoms. The molecule has 0 N–H and O–H groups in total. The van der Waals surface area contributed by atoms with Crippen LogP contribution in [0.15, 0.2) is 30.2 Å². The maximum Gasteiger partial charge on any atom is 0.298 e. The highest BCUT2D eigenvalue weighted by molar-refractivity contribution is 7.22. The Kier molecular flexibility index (Phi) is 6.57. The van der Waals surface area contributed by atoms with Crippen LogP contribution in [0.4, 0.5) is 9.52 Å². The van der Waals surface area contributed by atoms with Crippen LogP contribution in [-0.4, -0.2) is 56.2 Å². The van der Waals surface area contributed by atoms with E-state index >= 15 is 0 Å². The zero-order chi connectivity index (χ0) is 17.1. The summed E-state index contributed by atoms with van der Waals surface area (Å²) in [5, 5.41) is 0.442. The van der Waals surface area contributed by atoms with Gasteiger partial charge in [0.2, 0.25) is 5.76 Å². The summed E-state index contributed by atoms with van der Waals surface area (Å²) in [5.41, 5.74) is 0.273. The molecular weight excluding hydrogens is 369 g/mol. The molecule has 2 aromatic rings. The Morgan fingerprint density at radius 1 is 1.32 bits per heavy atom. The lowest BCUT2D eigenvalue weighted by Gasteiger charge is -2.24. The Balaban J connectivity index is 0.00000225. The van der Waals surface area contributed by atoms with Crippen molar-refractivity contribution in [1.82, 2.24) is 9.88 Å². The molecule has 0 saturated heterocycles. The molecule has 0 saturated carbocycles. The van der Waals surface area contributed by atoms with Gasteiger partial charge in [0, 0.05) is 13.1 Å². The number of benzene rings is 1. The standard InChI is InChI=1S/C16H18FN3O3S.ClH/c1-19(2)6-7-20(15(21)12-10-22-8-9-23-12)16-18-14-11(17)4-3-5-13(14)24-16;/h3-5,10H,6-9H2,1-2H3;1H. The molecule has 9 heteroatoms. The van der Waals surface area contributed by atoms with Gasteiger partial charge in [-0.05, 0) is 26.2 Å². The second-order valence-electron chi connectivity index (χ2n) is 5.54. The van der Waals surface area contributed by atoms with E-state index in [2.05, 4.69) is 4.98 Å². The topological polar surface area (TPSA) is 54.9 Å². The number of fused-ring (bicyclic) bond motifs is 1. The molecule has 0 radical (unpaired) electrons. The largest absolute Gasteiger partial charge is 0.494 e. The number of aromatic nitrogens is 1. The lowest BCUT2D eigenvalue weighted by atomic mass is 10.3. The van der Waals surface area contributed by atoms with Gasteiger partial charge < -0.3 is 14.4 Å². The van der Waals surface area contributed by atoms with Crippen molar-refractivity contribution in [1.29, 1.82) is 0 Å². The number of amides is 1. The van der Waals surface area contributed by atoms with E-state index in [0.717, 1.165) is 0 Å². The number of rotatable bonds is 5. The van der Waals surface area contributed by atoms with E-state index in [4.69, 9.17) is 9.47 Å². The van der Waals surface area contributed by atoms with Crippen LogP contribution < -0.4 is 4.90 Å². The quantitative estimate of drug-likeness (QED) is 0.789. The molecule has 1 amide bonds. The van der Waals surface area contributed by atoms with Gasteiger partial charge in [-0.2, -0.15) is 0 Å². The highest BCUT2D eigenvalue weighted by atomic mass is 35.5. The lowest BCUT2D eigenvalue weighted by Crippen LogP contribution is -2.38. The molecule has 0 bridgehead atoms. The van der Waals surface area contributed by atoms with Gasteiger partial charge in [0.05, 0.1) is 4.70 Å². The molecule has 1 aromatic heterocycles. The molecule has 0 spiro atoms. The highest BCUT2D eigenvalue weighted by Gasteiger charge is 2.26. The van der Waals surface area contributed by atoms with Crippen LogP contribution in [0.2, 0.25) is 0 Å². The minimum absolute atomic E-state index is 0. The minimum atomic E-state index is -0.397.